The van der Waals surface area contributed by atoms with Crippen molar-refractivity contribution in [3.05, 3.63) is 152 Å². The molecule has 0 unspecified atom stereocenters. The first kappa shape index (κ1) is 24.6. The second-order valence-electron chi connectivity index (χ2n) is 11.1. The Hall–Kier alpha value is -6.00. The van der Waals surface area contributed by atoms with Gasteiger partial charge in [-0.15, -0.1) is 0 Å². The van der Waals surface area contributed by atoms with Gasteiger partial charge in [0.2, 0.25) is 0 Å². The molecule has 0 aliphatic heterocycles. The summed E-state index contributed by atoms with van der Waals surface area (Å²) in [4.78, 5) is 9.34. The molecule has 4 heteroatoms. The first-order valence-electron chi connectivity index (χ1n) is 14.7. The van der Waals surface area contributed by atoms with E-state index in [1.54, 1.807) is 6.20 Å². The lowest BCUT2D eigenvalue weighted by molar-refractivity contribution is 0.670. The van der Waals surface area contributed by atoms with E-state index in [2.05, 4.69) is 131 Å². The number of para-hydroxylation sites is 2. The molecule has 0 aliphatic carbocycles. The Bertz CT molecular complexity index is 2470. The van der Waals surface area contributed by atoms with Gasteiger partial charge in [-0.25, -0.2) is 4.98 Å². The minimum atomic E-state index is 0.873. The molecule has 9 rings (SSSR count). The Morgan fingerprint density at radius 3 is 2.18 bits per heavy atom. The van der Waals surface area contributed by atoms with Crippen LogP contribution >= 0.6 is 0 Å². The molecular formula is C40H25N3O. The van der Waals surface area contributed by atoms with Gasteiger partial charge >= 0.3 is 0 Å². The number of hydrogen-bond acceptors (Lipinski definition) is 3. The normalized spacial score (nSPS) is 11.6. The lowest BCUT2D eigenvalue weighted by Crippen LogP contribution is -1.97. The maximum atomic E-state index is 6.64. The molecule has 0 bridgehead atoms. The summed E-state index contributed by atoms with van der Waals surface area (Å²) in [5.41, 5.74) is 10.4. The van der Waals surface area contributed by atoms with Crippen LogP contribution in [0.25, 0.3) is 83.1 Å². The number of hydrogen-bond donors (Lipinski definition) is 0. The number of aromatic nitrogens is 3. The third-order valence-corrected chi connectivity index (χ3v) is 8.49. The fraction of sp³-hybridized carbons (Fsp3) is 0. The summed E-state index contributed by atoms with van der Waals surface area (Å²) in [6.07, 6.45) is 3.70. The highest BCUT2D eigenvalue weighted by molar-refractivity contribution is 6.18. The predicted octanol–water partition coefficient (Wildman–Crippen LogP) is 10.5. The summed E-state index contributed by atoms with van der Waals surface area (Å²) in [7, 11) is 0. The molecular weight excluding hydrogens is 538 g/mol. The summed E-state index contributed by atoms with van der Waals surface area (Å²) < 4.78 is 8.89. The number of benzene rings is 6. The van der Waals surface area contributed by atoms with E-state index in [4.69, 9.17) is 9.40 Å². The van der Waals surface area contributed by atoms with E-state index in [0.717, 1.165) is 77.7 Å². The molecule has 44 heavy (non-hydrogen) atoms. The number of rotatable bonds is 4. The molecule has 3 aromatic heterocycles. The summed E-state index contributed by atoms with van der Waals surface area (Å²) in [5.74, 6) is 0.925. The minimum absolute atomic E-state index is 0.873. The molecule has 0 atom stereocenters. The first-order valence-corrected chi connectivity index (χ1v) is 14.7. The molecule has 0 spiro atoms. The van der Waals surface area contributed by atoms with Gasteiger partial charge in [-0.3, -0.25) is 9.55 Å². The van der Waals surface area contributed by atoms with E-state index < -0.39 is 0 Å². The molecule has 0 aliphatic rings. The van der Waals surface area contributed by atoms with Crippen molar-refractivity contribution in [3.8, 4) is 39.3 Å². The lowest BCUT2D eigenvalue weighted by atomic mass is 9.94. The van der Waals surface area contributed by atoms with Crippen LogP contribution in [0.4, 0.5) is 0 Å². The van der Waals surface area contributed by atoms with Gasteiger partial charge in [0.25, 0.3) is 0 Å². The van der Waals surface area contributed by atoms with E-state index in [9.17, 15) is 0 Å². The van der Waals surface area contributed by atoms with Crippen molar-refractivity contribution in [1.29, 1.82) is 0 Å². The Kier molecular flexibility index (Phi) is 5.47. The zero-order chi connectivity index (χ0) is 29.0. The summed E-state index contributed by atoms with van der Waals surface area (Å²) in [6, 6.07) is 48.7. The molecule has 4 nitrogen and oxygen atoms in total. The van der Waals surface area contributed by atoms with E-state index in [0.29, 0.717) is 0 Å². The van der Waals surface area contributed by atoms with Gasteiger partial charge in [-0.1, -0.05) is 91.0 Å². The zero-order valence-corrected chi connectivity index (χ0v) is 23.7. The van der Waals surface area contributed by atoms with Gasteiger partial charge in [0.05, 0.1) is 11.0 Å². The van der Waals surface area contributed by atoms with Crippen molar-refractivity contribution in [2.75, 3.05) is 0 Å². The van der Waals surface area contributed by atoms with Crippen molar-refractivity contribution >= 4 is 43.7 Å². The van der Waals surface area contributed by atoms with Crippen molar-refractivity contribution in [3.63, 3.8) is 0 Å². The zero-order valence-electron chi connectivity index (χ0n) is 23.7. The van der Waals surface area contributed by atoms with Crippen molar-refractivity contribution in [2.24, 2.45) is 0 Å². The first-order chi connectivity index (χ1) is 21.8. The minimum Gasteiger partial charge on any atom is -0.455 e. The molecule has 3 heterocycles. The maximum absolute atomic E-state index is 6.64. The Morgan fingerprint density at radius 2 is 1.32 bits per heavy atom. The van der Waals surface area contributed by atoms with Crippen LogP contribution in [0.5, 0.6) is 0 Å². The number of furan rings is 1. The van der Waals surface area contributed by atoms with Crippen LogP contribution in [-0.2, 0) is 0 Å². The Morgan fingerprint density at radius 1 is 0.545 bits per heavy atom. The maximum Gasteiger partial charge on any atom is 0.145 e. The summed E-state index contributed by atoms with van der Waals surface area (Å²) >= 11 is 0. The monoisotopic (exact) mass is 563 g/mol. The second-order valence-corrected chi connectivity index (χ2v) is 11.1. The molecule has 9 aromatic rings. The van der Waals surface area contributed by atoms with E-state index >= 15 is 0 Å². The molecule has 0 saturated carbocycles. The second kappa shape index (κ2) is 9.79. The smallest absolute Gasteiger partial charge is 0.145 e. The van der Waals surface area contributed by atoms with Crippen LogP contribution in [0.1, 0.15) is 0 Å². The number of pyridine rings is 1. The van der Waals surface area contributed by atoms with Crippen LogP contribution < -0.4 is 0 Å². The van der Waals surface area contributed by atoms with Crippen molar-refractivity contribution < 1.29 is 4.42 Å². The standard InChI is InChI=1S/C40H25N3O/c1-2-9-27(10-3-1)40-42-35-14-6-7-15-36(35)43(40)31-19-16-26(17-20-31)38-32-13-5-4-11-29(32)24-34-33-23-28(30-12-8-22-41-25-30)18-21-37(33)44-39(34)38/h1-25H. The highest BCUT2D eigenvalue weighted by atomic mass is 16.3. The number of imidazole rings is 1. The van der Waals surface area contributed by atoms with E-state index in [1.807, 2.05) is 24.4 Å². The van der Waals surface area contributed by atoms with Crippen LogP contribution in [0, 0.1) is 0 Å². The third kappa shape index (κ3) is 3.85. The highest BCUT2D eigenvalue weighted by Crippen LogP contribution is 2.42. The molecule has 0 saturated heterocycles. The Balaban J connectivity index is 1.25. The van der Waals surface area contributed by atoms with Crippen LogP contribution in [0.2, 0.25) is 0 Å². The van der Waals surface area contributed by atoms with E-state index in [-0.39, 0.29) is 0 Å². The quantitative estimate of drug-likeness (QED) is 0.214. The van der Waals surface area contributed by atoms with Crippen LogP contribution in [0.15, 0.2) is 156 Å². The lowest BCUT2D eigenvalue weighted by Gasteiger charge is -2.12. The SMILES string of the molecule is c1ccc(-c2nc3ccccc3n2-c2ccc(-c3c4ccccc4cc4c3oc3ccc(-c5cccnc5)cc34)cc2)cc1. The van der Waals surface area contributed by atoms with E-state index in [1.165, 1.54) is 5.39 Å². The molecule has 206 valence electrons. The van der Waals surface area contributed by atoms with Crippen molar-refractivity contribution in [1.82, 2.24) is 14.5 Å². The van der Waals surface area contributed by atoms with Crippen molar-refractivity contribution in [2.45, 2.75) is 0 Å². The summed E-state index contributed by atoms with van der Waals surface area (Å²) in [6.45, 7) is 0. The third-order valence-electron chi connectivity index (χ3n) is 8.49. The van der Waals surface area contributed by atoms with Gasteiger partial charge in [-0.05, 0) is 70.4 Å². The molecule has 0 amide bonds. The van der Waals surface area contributed by atoms with Gasteiger partial charge in [0.1, 0.15) is 17.0 Å². The number of nitrogens with zero attached hydrogens (tertiary/aromatic N) is 3. The van der Waals surface area contributed by atoms with Gasteiger partial charge in [0.15, 0.2) is 0 Å². The fourth-order valence-electron chi connectivity index (χ4n) is 6.42. The Labute approximate surface area is 253 Å². The van der Waals surface area contributed by atoms with Gasteiger partial charge < -0.3 is 4.42 Å². The highest BCUT2D eigenvalue weighted by Gasteiger charge is 2.18. The van der Waals surface area contributed by atoms with Crippen LogP contribution in [0.3, 0.4) is 0 Å². The van der Waals surface area contributed by atoms with Gasteiger partial charge in [-0.2, -0.15) is 0 Å². The predicted molar refractivity (Wildman–Crippen MR) is 180 cm³/mol. The van der Waals surface area contributed by atoms with Gasteiger partial charge in [0, 0.05) is 45.5 Å². The fourth-order valence-corrected chi connectivity index (χ4v) is 6.42. The molecule has 6 aromatic carbocycles. The summed E-state index contributed by atoms with van der Waals surface area (Å²) in [5, 5.41) is 4.55. The largest absolute Gasteiger partial charge is 0.455 e. The average Bonchev–Trinajstić information content (AvgIpc) is 3.66. The molecule has 0 N–H and O–H groups in total. The topological polar surface area (TPSA) is 43.9 Å². The molecule has 0 radical (unpaired) electrons. The van der Waals surface area contributed by atoms with Crippen LogP contribution in [-0.4, -0.2) is 14.5 Å². The number of fused-ring (bicyclic) bond motifs is 5. The molecule has 0 fully saturated rings. The average molecular weight is 564 g/mol.